The maximum atomic E-state index is 4.51. The molecule has 2 heterocycles. The third kappa shape index (κ3) is 5.59. The van der Waals surface area contributed by atoms with Crippen LogP contribution in [0, 0.1) is 6.92 Å². The molecule has 1 aliphatic heterocycles. The lowest BCUT2D eigenvalue weighted by molar-refractivity contribution is 0.647. The van der Waals surface area contributed by atoms with Gasteiger partial charge in [0.25, 0.3) is 0 Å². The van der Waals surface area contributed by atoms with Crippen molar-refractivity contribution in [2.24, 2.45) is 4.99 Å². The molecule has 1 aromatic carbocycles. The Morgan fingerprint density at radius 2 is 2.00 bits per heavy atom. The van der Waals surface area contributed by atoms with Gasteiger partial charge in [0.1, 0.15) is 0 Å². The molecule has 2 N–H and O–H groups in total. The molecule has 0 spiro atoms. The van der Waals surface area contributed by atoms with Crippen LogP contribution in [0.1, 0.15) is 17.8 Å². The summed E-state index contributed by atoms with van der Waals surface area (Å²) in [6, 6.07) is 17.0. The Morgan fingerprint density at radius 1 is 1.20 bits per heavy atom. The molecule has 2 aromatic rings. The number of hydrogen-bond acceptors (Lipinski definition) is 3. The fourth-order valence-electron chi connectivity index (χ4n) is 3.01. The van der Waals surface area contributed by atoms with E-state index in [1.165, 1.54) is 5.69 Å². The van der Waals surface area contributed by atoms with E-state index in [-0.39, 0.29) is 24.0 Å². The van der Waals surface area contributed by atoms with E-state index in [1.54, 1.807) is 0 Å². The van der Waals surface area contributed by atoms with Crippen LogP contribution in [0.3, 0.4) is 0 Å². The van der Waals surface area contributed by atoms with Crippen LogP contribution in [0.5, 0.6) is 0 Å². The number of nitrogens with zero attached hydrogens (tertiary/aromatic N) is 3. The maximum Gasteiger partial charge on any atom is 0.191 e. The van der Waals surface area contributed by atoms with Crippen LogP contribution in [-0.4, -0.2) is 37.1 Å². The Balaban J connectivity index is 0.00000225. The number of hydrogen-bond donors (Lipinski definition) is 2. The van der Waals surface area contributed by atoms with Crippen molar-refractivity contribution in [1.82, 2.24) is 15.6 Å². The molecular formula is C19H26IN5. The molecule has 1 atom stereocenters. The lowest BCUT2D eigenvalue weighted by atomic mass is 10.2. The number of guanidine groups is 1. The number of halogens is 1. The van der Waals surface area contributed by atoms with Crippen LogP contribution in [0.4, 0.5) is 5.69 Å². The first-order valence-electron chi connectivity index (χ1n) is 8.44. The molecular weight excluding hydrogens is 425 g/mol. The molecule has 1 unspecified atom stereocenters. The third-order valence-corrected chi connectivity index (χ3v) is 4.26. The predicted molar refractivity (Wildman–Crippen MR) is 115 cm³/mol. The fraction of sp³-hybridized carbons (Fsp3) is 0.368. The lowest BCUT2D eigenvalue weighted by Crippen LogP contribution is -2.44. The normalized spacial score (nSPS) is 17.1. The number of pyridine rings is 1. The molecule has 1 saturated heterocycles. The second kappa shape index (κ2) is 9.60. The van der Waals surface area contributed by atoms with Crippen molar-refractivity contribution >= 4 is 35.6 Å². The Hall–Kier alpha value is -1.83. The summed E-state index contributed by atoms with van der Waals surface area (Å²) in [5, 5.41) is 6.87. The summed E-state index contributed by atoms with van der Waals surface area (Å²) in [5.41, 5.74) is 3.34. The second-order valence-corrected chi connectivity index (χ2v) is 6.11. The van der Waals surface area contributed by atoms with Crippen LogP contribution in [-0.2, 0) is 6.54 Å². The monoisotopic (exact) mass is 451 g/mol. The van der Waals surface area contributed by atoms with E-state index in [0.717, 1.165) is 36.9 Å². The van der Waals surface area contributed by atoms with Crippen molar-refractivity contribution in [3.05, 3.63) is 59.9 Å². The fourth-order valence-corrected chi connectivity index (χ4v) is 3.01. The molecule has 1 aromatic heterocycles. The van der Waals surface area contributed by atoms with E-state index < -0.39 is 0 Å². The van der Waals surface area contributed by atoms with Crippen molar-refractivity contribution in [3.8, 4) is 0 Å². The quantitative estimate of drug-likeness (QED) is 0.427. The van der Waals surface area contributed by atoms with Gasteiger partial charge in [-0.3, -0.25) is 9.98 Å². The van der Waals surface area contributed by atoms with Crippen molar-refractivity contribution < 1.29 is 0 Å². The summed E-state index contributed by atoms with van der Waals surface area (Å²) in [7, 11) is 1.81. The van der Waals surface area contributed by atoms with E-state index in [9.17, 15) is 0 Å². The summed E-state index contributed by atoms with van der Waals surface area (Å²) in [5.74, 6) is 0.832. The molecule has 1 fully saturated rings. The minimum Gasteiger partial charge on any atom is -0.369 e. The van der Waals surface area contributed by atoms with Crippen LogP contribution >= 0.6 is 24.0 Å². The first-order valence-corrected chi connectivity index (χ1v) is 8.44. The molecule has 0 aliphatic carbocycles. The van der Waals surface area contributed by atoms with Crippen LogP contribution < -0.4 is 15.5 Å². The predicted octanol–water partition coefficient (Wildman–Crippen LogP) is 2.95. The van der Waals surface area contributed by atoms with Gasteiger partial charge >= 0.3 is 0 Å². The molecule has 5 nitrogen and oxygen atoms in total. The Kier molecular flexibility index (Phi) is 7.49. The average molecular weight is 451 g/mol. The Labute approximate surface area is 167 Å². The highest BCUT2D eigenvalue weighted by atomic mass is 127. The zero-order valence-corrected chi connectivity index (χ0v) is 17.1. The van der Waals surface area contributed by atoms with Crippen LogP contribution in [0.15, 0.2) is 53.5 Å². The van der Waals surface area contributed by atoms with Gasteiger partial charge in [-0.1, -0.05) is 24.3 Å². The van der Waals surface area contributed by atoms with Crippen molar-refractivity contribution in [3.63, 3.8) is 0 Å². The van der Waals surface area contributed by atoms with Gasteiger partial charge in [0, 0.05) is 37.6 Å². The summed E-state index contributed by atoms with van der Waals surface area (Å²) in [6.07, 6.45) is 1.11. The highest BCUT2D eigenvalue weighted by molar-refractivity contribution is 14.0. The number of benzene rings is 1. The summed E-state index contributed by atoms with van der Waals surface area (Å²) >= 11 is 0. The van der Waals surface area contributed by atoms with Gasteiger partial charge in [0.2, 0.25) is 0 Å². The van der Waals surface area contributed by atoms with E-state index in [0.29, 0.717) is 12.6 Å². The number of nitrogens with one attached hydrogen (secondary N) is 2. The molecule has 0 amide bonds. The zero-order valence-electron chi connectivity index (χ0n) is 14.8. The van der Waals surface area contributed by atoms with Crippen LogP contribution in [0.2, 0.25) is 0 Å². The average Bonchev–Trinajstić information content (AvgIpc) is 3.08. The van der Waals surface area contributed by atoms with Gasteiger partial charge in [-0.15, -0.1) is 24.0 Å². The number of rotatable bonds is 4. The van der Waals surface area contributed by atoms with Crippen molar-refractivity contribution in [1.29, 1.82) is 0 Å². The summed E-state index contributed by atoms with van der Waals surface area (Å²) < 4.78 is 0. The van der Waals surface area contributed by atoms with Gasteiger partial charge in [-0.05, 0) is 37.6 Å². The molecule has 1 aliphatic rings. The highest BCUT2D eigenvalue weighted by Gasteiger charge is 2.23. The molecule has 25 heavy (non-hydrogen) atoms. The van der Waals surface area contributed by atoms with Gasteiger partial charge < -0.3 is 15.5 Å². The molecule has 6 heteroatoms. The lowest BCUT2D eigenvalue weighted by Gasteiger charge is -2.20. The first kappa shape index (κ1) is 19.5. The van der Waals surface area contributed by atoms with Crippen molar-refractivity contribution in [2.75, 3.05) is 25.0 Å². The highest BCUT2D eigenvalue weighted by Crippen LogP contribution is 2.19. The zero-order chi connectivity index (χ0) is 16.8. The van der Waals surface area contributed by atoms with E-state index in [2.05, 4.69) is 55.8 Å². The smallest absolute Gasteiger partial charge is 0.191 e. The topological polar surface area (TPSA) is 52.6 Å². The Bertz CT molecular complexity index is 689. The van der Waals surface area contributed by atoms with Crippen LogP contribution in [0.25, 0.3) is 0 Å². The maximum absolute atomic E-state index is 4.51. The number of anilines is 1. The summed E-state index contributed by atoms with van der Waals surface area (Å²) in [4.78, 5) is 11.3. The minimum absolute atomic E-state index is 0. The van der Waals surface area contributed by atoms with Gasteiger partial charge in [-0.2, -0.15) is 0 Å². The SMILES string of the molecule is CN=C(NCc1cccc(C)n1)NC1CCN(c2ccccc2)C1.I. The standard InChI is InChI=1S/C19H25N5.HI/c1-15-7-6-8-16(22-15)13-21-19(20-2)23-17-11-12-24(14-17)18-9-4-3-5-10-18;/h3-10,17H,11-14H2,1-2H3,(H2,20,21,23);1H. The number of aliphatic imine (C=N–C) groups is 1. The number of para-hydroxylation sites is 1. The molecule has 3 rings (SSSR count). The van der Waals surface area contributed by atoms with E-state index >= 15 is 0 Å². The third-order valence-electron chi connectivity index (χ3n) is 4.26. The summed E-state index contributed by atoms with van der Waals surface area (Å²) in [6.45, 7) is 4.75. The van der Waals surface area contributed by atoms with E-state index in [1.807, 2.05) is 32.2 Å². The molecule has 0 bridgehead atoms. The van der Waals surface area contributed by atoms with Gasteiger partial charge in [0.15, 0.2) is 5.96 Å². The number of aryl methyl sites for hydroxylation is 1. The first-order chi connectivity index (χ1) is 11.7. The molecule has 0 saturated carbocycles. The molecule has 134 valence electrons. The minimum atomic E-state index is 0. The van der Waals surface area contributed by atoms with Gasteiger partial charge in [0.05, 0.1) is 12.2 Å². The van der Waals surface area contributed by atoms with E-state index in [4.69, 9.17) is 0 Å². The largest absolute Gasteiger partial charge is 0.369 e. The Morgan fingerprint density at radius 3 is 2.72 bits per heavy atom. The number of aromatic nitrogens is 1. The van der Waals surface area contributed by atoms with Crippen molar-refractivity contribution in [2.45, 2.75) is 25.9 Å². The second-order valence-electron chi connectivity index (χ2n) is 6.11. The molecule has 0 radical (unpaired) electrons. The van der Waals surface area contributed by atoms with Gasteiger partial charge in [-0.25, -0.2) is 0 Å².